The summed E-state index contributed by atoms with van der Waals surface area (Å²) in [5.41, 5.74) is 0.766. The third-order valence-corrected chi connectivity index (χ3v) is 4.95. The monoisotopic (exact) mass is 343 g/mol. The fourth-order valence-electron chi connectivity index (χ4n) is 3.30. The average Bonchev–Trinajstić information content (AvgIpc) is 2.57. The molecule has 3 amide bonds. The summed E-state index contributed by atoms with van der Waals surface area (Å²) in [5, 5.41) is 0. The number of hydrogen-bond donors (Lipinski definition) is 0. The van der Waals surface area contributed by atoms with E-state index in [0.29, 0.717) is 19.6 Å². The Morgan fingerprint density at radius 2 is 1.76 bits per heavy atom. The van der Waals surface area contributed by atoms with E-state index in [-0.39, 0.29) is 5.91 Å². The Balaban J connectivity index is 1.82. The summed E-state index contributed by atoms with van der Waals surface area (Å²) >= 11 is 0. The summed E-state index contributed by atoms with van der Waals surface area (Å²) < 4.78 is 0. The number of carbonyl (C=O) groups excluding carboxylic acids is 3. The van der Waals surface area contributed by atoms with E-state index in [0.717, 1.165) is 37.9 Å². The Hall–Kier alpha value is -2.37. The van der Waals surface area contributed by atoms with Crippen molar-refractivity contribution in [3.63, 3.8) is 0 Å². The van der Waals surface area contributed by atoms with Crippen LogP contribution in [-0.2, 0) is 14.4 Å². The van der Waals surface area contributed by atoms with Crippen LogP contribution in [0.15, 0.2) is 30.3 Å². The van der Waals surface area contributed by atoms with Gasteiger partial charge in [0.15, 0.2) is 0 Å². The molecule has 0 N–H and O–H groups in total. The molecule has 0 bridgehead atoms. The summed E-state index contributed by atoms with van der Waals surface area (Å²) in [5.74, 6) is -1.14. The highest BCUT2D eigenvalue weighted by Crippen LogP contribution is 2.27. The van der Waals surface area contributed by atoms with Crippen LogP contribution in [0.5, 0.6) is 0 Å². The van der Waals surface area contributed by atoms with E-state index >= 15 is 0 Å². The highest BCUT2D eigenvalue weighted by molar-refractivity contribution is 6.35. The van der Waals surface area contributed by atoms with Crippen molar-refractivity contribution in [3.8, 4) is 0 Å². The molecular weight excluding hydrogens is 318 g/mol. The maximum atomic E-state index is 12.9. The molecule has 0 aromatic heterocycles. The second-order valence-electron chi connectivity index (χ2n) is 6.64. The van der Waals surface area contributed by atoms with Crippen molar-refractivity contribution >= 4 is 17.7 Å². The lowest BCUT2D eigenvalue weighted by Gasteiger charge is -2.41. The maximum absolute atomic E-state index is 12.9. The standard InChI is InChI=1S/C19H25N3O3/c1-2-3-10-21-13-14-22(19(25)18(21)24)16(15-8-5-4-6-9-15)17(23)20-11-7-12-20/h4-6,8-9,16H,2-3,7,10-14H2,1H3. The average molecular weight is 343 g/mol. The maximum Gasteiger partial charge on any atom is 0.313 e. The lowest BCUT2D eigenvalue weighted by Crippen LogP contribution is -2.58. The Bertz CT molecular complexity index is 643. The summed E-state index contributed by atoms with van der Waals surface area (Å²) in [6.45, 7) is 4.99. The number of rotatable bonds is 6. The highest BCUT2D eigenvalue weighted by atomic mass is 16.2. The first kappa shape index (κ1) is 17.5. The fraction of sp³-hybridized carbons (Fsp3) is 0.526. The van der Waals surface area contributed by atoms with E-state index in [9.17, 15) is 14.4 Å². The molecule has 1 unspecified atom stereocenters. The molecule has 2 saturated heterocycles. The largest absolute Gasteiger partial charge is 0.340 e. The van der Waals surface area contributed by atoms with Gasteiger partial charge in [-0.1, -0.05) is 43.7 Å². The molecule has 0 aliphatic carbocycles. The second kappa shape index (κ2) is 7.68. The minimum Gasteiger partial charge on any atom is -0.340 e. The van der Waals surface area contributed by atoms with E-state index < -0.39 is 17.9 Å². The second-order valence-corrected chi connectivity index (χ2v) is 6.64. The van der Waals surface area contributed by atoms with Gasteiger partial charge in [0.1, 0.15) is 6.04 Å². The smallest absolute Gasteiger partial charge is 0.313 e. The topological polar surface area (TPSA) is 60.9 Å². The molecular formula is C19H25N3O3. The predicted molar refractivity (Wildman–Crippen MR) is 93.6 cm³/mol. The van der Waals surface area contributed by atoms with Crippen molar-refractivity contribution in [3.05, 3.63) is 35.9 Å². The van der Waals surface area contributed by atoms with Gasteiger partial charge < -0.3 is 14.7 Å². The summed E-state index contributed by atoms with van der Waals surface area (Å²) in [6.07, 6.45) is 2.85. The van der Waals surface area contributed by atoms with E-state index in [1.807, 2.05) is 30.3 Å². The first-order chi connectivity index (χ1) is 12.1. The number of unbranched alkanes of at least 4 members (excludes halogenated alkanes) is 1. The third-order valence-electron chi connectivity index (χ3n) is 4.95. The zero-order valence-corrected chi connectivity index (χ0v) is 14.7. The minimum absolute atomic E-state index is 0.0828. The molecule has 3 rings (SSSR count). The molecule has 2 fully saturated rings. The van der Waals surface area contributed by atoms with Crippen LogP contribution in [0.25, 0.3) is 0 Å². The first-order valence-electron chi connectivity index (χ1n) is 9.07. The normalized spacial score (nSPS) is 19.0. The molecule has 0 saturated carbocycles. The molecule has 1 aromatic carbocycles. The van der Waals surface area contributed by atoms with Gasteiger partial charge in [0, 0.05) is 32.7 Å². The van der Waals surface area contributed by atoms with Crippen LogP contribution in [0.4, 0.5) is 0 Å². The summed E-state index contributed by atoms with van der Waals surface area (Å²) in [7, 11) is 0. The Kier molecular flexibility index (Phi) is 5.36. The van der Waals surface area contributed by atoms with Crippen molar-refractivity contribution in [1.82, 2.24) is 14.7 Å². The molecule has 0 spiro atoms. The third kappa shape index (κ3) is 3.52. The summed E-state index contributed by atoms with van der Waals surface area (Å²) in [6, 6.07) is 8.59. The van der Waals surface area contributed by atoms with Gasteiger partial charge in [-0.05, 0) is 18.4 Å². The van der Waals surface area contributed by atoms with Gasteiger partial charge in [0.2, 0.25) is 5.91 Å². The Morgan fingerprint density at radius 3 is 2.36 bits per heavy atom. The zero-order valence-electron chi connectivity index (χ0n) is 14.7. The van der Waals surface area contributed by atoms with Crippen LogP contribution in [0.1, 0.15) is 37.8 Å². The van der Waals surface area contributed by atoms with Crippen molar-refractivity contribution in [2.45, 2.75) is 32.2 Å². The molecule has 6 nitrogen and oxygen atoms in total. The van der Waals surface area contributed by atoms with Crippen LogP contribution < -0.4 is 0 Å². The molecule has 6 heteroatoms. The van der Waals surface area contributed by atoms with Crippen LogP contribution in [0.2, 0.25) is 0 Å². The van der Waals surface area contributed by atoms with Gasteiger partial charge in [-0.15, -0.1) is 0 Å². The molecule has 2 heterocycles. The lowest BCUT2D eigenvalue weighted by atomic mass is 10.0. The van der Waals surface area contributed by atoms with Gasteiger partial charge in [-0.3, -0.25) is 14.4 Å². The molecule has 2 aliphatic rings. The quantitative estimate of drug-likeness (QED) is 0.734. The van der Waals surface area contributed by atoms with Crippen LogP contribution >= 0.6 is 0 Å². The molecule has 25 heavy (non-hydrogen) atoms. The Morgan fingerprint density at radius 1 is 1.04 bits per heavy atom. The van der Waals surface area contributed by atoms with Gasteiger partial charge in [-0.25, -0.2) is 0 Å². The number of likely N-dealkylation sites (tertiary alicyclic amines) is 1. The molecule has 134 valence electrons. The van der Waals surface area contributed by atoms with E-state index in [1.54, 1.807) is 9.80 Å². The van der Waals surface area contributed by atoms with Gasteiger partial charge in [0.05, 0.1) is 0 Å². The number of benzene rings is 1. The zero-order chi connectivity index (χ0) is 17.8. The highest BCUT2D eigenvalue weighted by Gasteiger charge is 2.41. The van der Waals surface area contributed by atoms with E-state index in [4.69, 9.17) is 0 Å². The Labute approximate surface area is 148 Å². The number of carbonyl (C=O) groups is 3. The van der Waals surface area contributed by atoms with Crippen LogP contribution in [-0.4, -0.2) is 65.1 Å². The predicted octanol–water partition coefficient (Wildman–Crippen LogP) is 1.43. The number of piperazine rings is 1. The number of nitrogens with zero attached hydrogens (tertiary/aromatic N) is 3. The van der Waals surface area contributed by atoms with Crippen molar-refractivity contribution in [2.75, 3.05) is 32.7 Å². The lowest BCUT2D eigenvalue weighted by molar-refractivity contribution is -0.161. The van der Waals surface area contributed by atoms with Gasteiger partial charge >= 0.3 is 11.8 Å². The molecule has 2 aliphatic heterocycles. The number of hydrogen-bond acceptors (Lipinski definition) is 3. The molecule has 1 atom stereocenters. The minimum atomic E-state index is -0.703. The first-order valence-corrected chi connectivity index (χ1v) is 9.07. The van der Waals surface area contributed by atoms with Crippen LogP contribution in [0.3, 0.4) is 0 Å². The molecule has 0 radical (unpaired) electrons. The van der Waals surface area contributed by atoms with Crippen LogP contribution in [0, 0.1) is 0 Å². The van der Waals surface area contributed by atoms with Crippen molar-refractivity contribution < 1.29 is 14.4 Å². The SMILES string of the molecule is CCCCN1CCN(C(C(=O)N2CCC2)c2ccccc2)C(=O)C1=O. The molecule has 1 aromatic rings. The van der Waals surface area contributed by atoms with Gasteiger partial charge in [-0.2, -0.15) is 0 Å². The number of amides is 3. The van der Waals surface area contributed by atoms with E-state index in [1.165, 1.54) is 4.90 Å². The van der Waals surface area contributed by atoms with E-state index in [2.05, 4.69) is 6.92 Å². The van der Waals surface area contributed by atoms with Crippen molar-refractivity contribution in [2.24, 2.45) is 0 Å². The fourth-order valence-corrected chi connectivity index (χ4v) is 3.30. The van der Waals surface area contributed by atoms with Gasteiger partial charge in [0.25, 0.3) is 0 Å². The van der Waals surface area contributed by atoms with Crippen molar-refractivity contribution in [1.29, 1.82) is 0 Å². The summed E-state index contributed by atoms with van der Waals surface area (Å²) in [4.78, 5) is 42.9.